The Labute approximate surface area is 329 Å². The molecule has 1 aliphatic carbocycles. The largest absolute Gasteiger partial charge is 0.489 e. The van der Waals surface area contributed by atoms with Crippen LogP contribution in [0.1, 0.15) is 74.4 Å². The molecule has 3 atom stereocenters. The highest BCUT2D eigenvalue weighted by Gasteiger charge is 2.38. The van der Waals surface area contributed by atoms with Crippen molar-refractivity contribution in [2.45, 2.75) is 63.3 Å². The fraction of sp³-hybridized carbons (Fsp3) is 0.410. The summed E-state index contributed by atoms with van der Waals surface area (Å²) in [4.78, 5) is 29.4. The van der Waals surface area contributed by atoms with Crippen LogP contribution in [0.5, 0.6) is 11.5 Å². The first kappa shape index (κ1) is 39.2. The standard InChI is InChI=1S/C39H38Cl2F3N3O7S/c40-30-17-47(51)18-31(41)29(30)15-27(23-6-7-32(54-39(43)44)33(13-23)52-20-21-4-5-21)28-14-26(55-36(28)37(48)49)16-45-35(24-2-1-3-25(42)12-24)38(50)53-34-19-46-10-8-22(34)9-11-46/h1-3,6-7,12-14,17-18,21-22,27,34-35,39,45H,4-5,8-11,15-16,19-20H2,(H-,48,49,51)/p+1/t27-,34-,35?/m0/s1. The van der Waals surface area contributed by atoms with Gasteiger partial charge in [0.2, 0.25) is 12.4 Å². The average Bonchev–Trinajstić information content (AvgIpc) is 3.88. The molecule has 2 aromatic carbocycles. The second-order valence-electron chi connectivity index (χ2n) is 14.2. The number of alkyl halides is 2. The van der Waals surface area contributed by atoms with Crippen molar-refractivity contribution in [3.8, 4) is 11.5 Å². The van der Waals surface area contributed by atoms with Crippen LogP contribution in [-0.2, 0) is 22.5 Å². The summed E-state index contributed by atoms with van der Waals surface area (Å²) in [6.45, 7) is -0.229. The van der Waals surface area contributed by atoms with Crippen molar-refractivity contribution in [3.63, 3.8) is 0 Å². The quantitative estimate of drug-likeness (QED) is 0.0595. The summed E-state index contributed by atoms with van der Waals surface area (Å²) in [5, 5.41) is 23.9. The van der Waals surface area contributed by atoms with E-state index in [4.69, 9.17) is 37.4 Å². The van der Waals surface area contributed by atoms with Gasteiger partial charge in [0.05, 0.1) is 6.61 Å². The van der Waals surface area contributed by atoms with Gasteiger partial charge in [-0.05, 0) is 104 Å². The predicted octanol–water partition coefficient (Wildman–Crippen LogP) is 7.65. The van der Waals surface area contributed by atoms with E-state index in [1.165, 1.54) is 36.7 Å². The van der Waals surface area contributed by atoms with Crippen LogP contribution in [0, 0.1) is 17.7 Å². The Morgan fingerprint density at radius 1 is 1.00 bits per heavy atom. The van der Waals surface area contributed by atoms with Crippen molar-refractivity contribution in [2.75, 3.05) is 26.2 Å². The lowest BCUT2D eigenvalue weighted by molar-refractivity contribution is -0.904. The number of carboxylic acids is 1. The molecule has 5 heterocycles. The van der Waals surface area contributed by atoms with Gasteiger partial charge in [0.25, 0.3) is 0 Å². The van der Waals surface area contributed by atoms with Gasteiger partial charge in [0.15, 0.2) is 11.5 Å². The highest BCUT2D eigenvalue weighted by Crippen LogP contribution is 2.42. The zero-order valence-corrected chi connectivity index (χ0v) is 31.8. The molecule has 3 N–H and O–H groups in total. The number of carbonyl (C=O) groups excluding carboxylic acids is 1. The van der Waals surface area contributed by atoms with Crippen molar-refractivity contribution >= 4 is 46.5 Å². The van der Waals surface area contributed by atoms with Gasteiger partial charge in [0, 0.05) is 34.2 Å². The molecule has 4 aromatic rings. The molecule has 1 saturated carbocycles. The number of rotatable bonds is 16. The van der Waals surface area contributed by atoms with E-state index >= 15 is 0 Å². The Morgan fingerprint density at radius 3 is 2.38 bits per heavy atom. The zero-order valence-electron chi connectivity index (χ0n) is 29.4. The summed E-state index contributed by atoms with van der Waals surface area (Å²) in [5.41, 5.74) is 1.61. The lowest BCUT2D eigenvalue weighted by atomic mass is 9.85. The van der Waals surface area contributed by atoms with Gasteiger partial charge < -0.3 is 19.3 Å². The summed E-state index contributed by atoms with van der Waals surface area (Å²) in [6.07, 6.45) is 6.01. The van der Waals surface area contributed by atoms with E-state index in [-0.39, 0.29) is 51.4 Å². The predicted molar refractivity (Wildman–Crippen MR) is 197 cm³/mol. The summed E-state index contributed by atoms with van der Waals surface area (Å²) in [6, 6.07) is 10.8. The third-order valence-corrected chi connectivity index (χ3v) is 12.2. The third-order valence-electron chi connectivity index (χ3n) is 10.4. The number of aromatic carboxylic acids is 1. The van der Waals surface area contributed by atoms with Gasteiger partial charge in [-0.3, -0.25) is 15.4 Å². The number of fused-ring (bicyclic) bond motifs is 3. The van der Waals surface area contributed by atoms with E-state index in [9.17, 15) is 33.1 Å². The molecule has 292 valence electrons. The number of pyridine rings is 1. The first-order chi connectivity index (χ1) is 26.4. The minimum absolute atomic E-state index is 0.0163. The molecule has 0 radical (unpaired) electrons. The number of hydrogen-bond acceptors (Lipinski definition) is 9. The average molecular weight is 822 g/mol. The van der Waals surface area contributed by atoms with Crippen LogP contribution >= 0.6 is 34.5 Å². The number of hydrogen-bond donors (Lipinski definition) is 3. The molecular formula is C39H39Cl2F3N3O7S+. The zero-order chi connectivity index (χ0) is 38.8. The molecule has 2 bridgehead atoms. The van der Waals surface area contributed by atoms with Gasteiger partial charge in [-0.2, -0.15) is 8.78 Å². The highest BCUT2D eigenvalue weighted by molar-refractivity contribution is 7.14. The van der Waals surface area contributed by atoms with E-state index in [2.05, 4.69) is 10.2 Å². The van der Waals surface area contributed by atoms with Crippen molar-refractivity contribution < 1.29 is 52.0 Å². The number of thiophene rings is 1. The minimum atomic E-state index is -3.10. The maximum atomic E-state index is 14.5. The molecule has 4 fully saturated rings. The molecule has 4 aliphatic rings. The van der Waals surface area contributed by atoms with E-state index < -0.39 is 36.3 Å². The van der Waals surface area contributed by atoms with E-state index in [1.54, 1.807) is 24.3 Å². The molecule has 0 spiro atoms. The number of nitrogens with zero attached hydrogens (tertiary/aromatic N) is 2. The Balaban J connectivity index is 1.22. The van der Waals surface area contributed by atoms with Crippen LogP contribution < -0.4 is 19.5 Å². The molecule has 10 nitrogen and oxygen atoms in total. The third kappa shape index (κ3) is 9.49. The van der Waals surface area contributed by atoms with Gasteiger partial charge in [-0.25, -0.2) is 14.0 Å². The number of benzene rings is 2. The molecule has 1 unspecified atom stereocenters. The van der Waals surface area contributed by atoms with Crippen LogP contribution in [-0.4, -0.2) is 66.1 Å². The number of piperidine rings is 3. The van der Waals surface area contributed by atoms with Crippen LogP contribution in [0.2, 0.25) is 10.0 Å². The summed E-state index contributed by atoms with van der Waals surface area (Å²) < 4.78 is 58.7. The summed E-state index contributed by atoms with van der Waals surface area (Å²) >= 11 is 14.1. The number of nitrogens with one attached hydrogen (secondary N) is 1. The van der Waals surface area contributed by atoms with Gasteiger partial charge in [-0.15, -0.1) is 11.3 Å². The lowest BCUT2D eigenvalue weighted by Gasteiger charge is -2.44. The molecular weight excluding hydrogens is 782 g/mol. The number of aromatic nitrogens is 1. The topological polar surface area (TPSA) is 121 Å². The van der Waals surface area contributed by atoms with Crippen molar-refractivity contribution in [1.29, 1.82) is 0 Å². The molecule has 16 heteroatoms. The van der Waals surface area contributed by atoms with Crippen molar-refractivity contribution in [2.24, 2.45) is 11.8 Å². The van der Waals surface area contributed by atoms with E-state index in [1.807, 2.05) is 0 Å². The smallest absolute Gasteiger partial charge is 0.387 e. The Morgan fingerprint density at radius 2 is 1.75 bits per heavy atom. The minimum Gasteiger partial charge on any atom is -0.489 e. The van der Waals surface area contributed by atoms with Gasteiger partial charge in [-0.1, -0.05) is 41.4 Å². The highest BCUT2D eigenvalue weighted by atomic mass is 35.5. The van der Waals surface area contributed by atoms with E-state index in [0.717, 1.165) is 50.1 Å². The Kier molecular flexibility index (Phi) is 12.1. The molecule has 8 rings (SSSR count). The number of ether oxygens (including phenoxy) is 3. The van der Waals surface area contributed by atoms with Crippen LogP contribution in [0.25, 0.3) is 0 Å². The first-order valence-electron chi connectivity index (χ1n) is 18.0. The normalized spacial score (nSPS) is 20.3. The molecule has 3 saturated heterocycles. The van der Waals surface area contributed by atoms with Crippen LogP contribution in [0.15, 0.2) is 60.9 Å². The second kappa shape index (κ2) is 17.0. The van der Waals surface area contributed by atoms with Crippen molar-refractivity contribution in [1.82, 2.24) is 10.2 Å². The molecule has 3 aliphatic heterocycles. The SMILES string of the molecule is O=C(O)c1sc(CNC(C(=O)O[C@H]2CN3CCC2CC3)c2cccc(F)c2)cc1[C@@H](Cc1c(Cl)c[n+](O)cc1Cl)c1ccc(OC(F)F)c(OCC2CC2)c1. The lowest BCUT2D eigenvalue weighted by Crippen LogP contribution is -2.52. The monoisotopic (exact) mass is 820 g/mol. The maximum absolute atomic E-state index is 14.5. The Hall–Kier alpha value is -4.08. The number of halogens is 5. The first-order valence-corrected chi connectivity index (χ1v) is 19.6. The van der Waals surface area contributed by atoms with Gasteiger partial charge >= 0.3 is 18.6 Å². The summed E-state index contributed by atoms with van der Waals surface area (Å²) in [7, 11) is 0. The Bertz CT molecular complexity index is 2020. The van der Waals surface area contributed by atoms with Crippen LogP contribution in [0.3, 0.4) is 0 Å². The molecule has 2 aromatic heterocycles. The molecule has 55 heavy (non-hydrogen) atoms. The number of esters is 1. The number of carboxylic acid groups (broad SMARTS) is 1. The second-order valence-corrected chi connectivity index (χ2v) is 16.1. The molecule has 0 amide bonds. The maximum Gasteiger partial charge on any atom is 0.387 e. The van der Waals surface area contributed by atoms with Crippen molar-refractivity contribution in [3.05, 3.63) is 109 Å². The van der Waals surface area contributed by atoms with Gasteiger partial charge in [0.1, 0.15) is 32.9 Å². The van der Waals surface area contributed by atoms with E-state index in [0.29, 0.717) is 50.9 Å². The number of carbonyl (C=O) groups is 2. The fourth-order valence-corrected chi connectivity index (χ4v) is 8.96. The summed E-state index contributed by atoms with van der Waals surface area (Å²) in [5.74, 6) is -2.63. The fourth-order valence-electron chi connectivity index (χ4n) is 7.34. The van der Waals surface area contributed by atoms with Crippen LogP contribution in [0.4, 0.5) is 13.2 Å².